The first kappa shape index (κ1) is 12.8. The lowest BCUT2D eigenvalue weighted by atomic mass is 9.84. The van der Waals surface area contributed by atoms with Gasteiger partial charge in [0, 0.05) is 11.2 Å². The molecule has 1 aliphatic rings. The van der Waals surface area contributed by atoms with Crippen LogP contribution < -0.4 is 5.11 Å². The third kappa shape index (κ3) is 6.94. The molecule has 13 heavy (non-hydrogen) atoms. The summed E-state index contributed by atoms with van der Waals surface area (Å²) in [6, 6.07) is 0. The van der Waals surface area contributed by atoms with Gasteiger partial charge in [0.2, 0.25) is 0 Å². The molecule has 3 heteroatoms. The fourth-order valence-electron chi connectivity index (χ4n) is 1.50. The summed E-state index contributed by atoms with van der Waals surface area (Å²) < 4.78 is 0. The molecule has 0 amide bonds. The molecule has 0 aliphatic heterocycles. The number of carbonyl (C=O) groups excluding carboxylic acids is 1. The van der Waals surface area contributed by atoms with Gasteiger partial charge >= 0.3 is 0 Å². The van der Waals surface area contributed by atoms with Gasteiger partial charge in [-0.05, 0) is 31.6 Å². The average molecular weight is 203 g/mol. The van der Waals surface area contributed by atoms with Gasteiger partial charge in [0.15, 0.2) is 0 Å². The molecule has 0 radical (unpaired) electrons. The van der Waals surface area contributed by atoms with Crippen molar-refractivity contribution >= 4 is 18.6 Å². The third-order valence-corrected chi connectivity index (χ3v) is 3.14. The molecule has 0 aromatic rings. The van der Waals surface area contributed by atoms with Gasteiger partial charge < -0.3 is 9.90 Å². The highest BCUT2D eigenvalue weighted by molar-refractivity contribution is 7.81. The first-order valence-corrected chi connectivity index (χ1v) is 5.30. The quantitative estimate of drug-likeness (QED) is 0.606. The maximum atomic E-state index is 8.89. The number of hydrogen-bond donors (Lipinski definition) is 1. The smallest absolute Gasteiger partial charge is 0.0383 e. The maximum absolute atomic E-state index is 8.89. The fourth-order valence-corrected chi connectivity index (χ4v) is 2.01. The second kappa shape index (κ2) is 6.30. The van der Waals surface area contributed by atoms with Crippen molar-refractivity contribution in [1.82, 2.24) is 0 Å². The van der Waals surface area contributed by atoms with Crippen molar-refractivity contribution in [3.8, 4) is 0 Å². The number of hydrogen-bond acceptors (Lipinski definition) is 3. The molecule has 2 nitrogen and oxygen atoms in total. The number of rotatable bonds is 0. The van der Waals surface area contributed by atoms with E-state index in [-0.39, 0.29) is 0 Å². The summed E-state index contributed by atoms with van der Waals surface area (Å²) in [7, 11) is 0. The van der Waals surface area contributed by atoms with E-state index in [2.05, 4.69) is 26.5 Å². The highest BCUT2D eigenvalue weighted by Crippen LogP contribution is 2.31. The molecule has 0 spiro atoms. The molecule has 0 saturated heterocycles. The zero-order valence-electron chi connectivity index (χ0n) is 8.62. The minimum atomic E-state index is -1.08. The van der Waals surface area contributed by atoms with Crippen molar-refractivity contribution in [3.63, 3.8) is 0 Å². The largest absolute Gasteiger partial charge is 0.550 e. The van der Waals surface area contributed by atoms with Crippen LogP contribution in [0.15, 0.2) is 0 Å². The standard InChI is InChI=1S/C8H16S.C2H4O2/c1-6-3-4-7(2)8(9)5-6;1-2(3)4/h6-9H,3-5H2,1-2H3;1H3,(H,3,4)/p-1. The van der Waals surface area contributed by atoms with Crippen molar-refractivity contribution in [2.75, 3.05) is 0 Å². The first-order valence-electron chi connectivity index (χ1n) is 4.79. The van der Waals surface area contributed by atoms with Crippen molar-refractivity contribution < 1.29 is 9.90 Å². The maximum Gasteiger partial charge on any atom is 0.0383 e. The molecule has 1 saturated carbocycles. The lowest BCUT2D eigenvalue weighted by Crippen LogP contribution is -2.21. The zero-order chi connectivity index (χ0) is 10.4. The molecule has 0 heterocycles. The van der Waals surface area contributed by atoms with Crippen LogP contribution in [-0.2, 0) is 4.79 Å². The van der Waals surface area contributed by atoms with Crippen LogP contribution in [0.4, 0.5) is 0 Å². The van der Waals surface area contributed by atoms with E-state index in [1.165, 1.54) is 19.3 Å². The molecule has 3 atom stereocenters. The van der Waals surface area contributed by atoms with Gasteiger partial charge in [-0.25, -0.2) is 0 Å². The Labute approximate surface area is 86.1 Å². The van der Waals surface area contributed by atoms with E-state index in [1.807, 2.05) is 0 Å². The van der Waals surface area contributed by atoms with Crippen LogP contribution in [0.2, 0.25) is 0 Å². The second-order valence-electron chi connectivity index (χ2n) is 3.95. The number of carboxylic acid groups (broad SMARTS) is 1. The van der Waals surface area contributed by atoms with Crippen LogP contribution in [0.3, 0.4) is 0 Å². The minimum absolute atomic E-state index is 0.675. The summed E-state index contributed by atoms with van der Waals surface area (Å²) in [5, 5.41) is 9.56. The van der Waals surface area contributed by atoms with Gasteiger partial charge in [-0.2, -0.15) is 12.6 Å². The lowest BCUT2D eigenvalue weighted by Gasteiger charge is -2.28. The highest BCUT2D eigenvalue weighted by atomic mass is 32.1. The SMILES string of the molecule is CC(=O)[O-].CC1CCC(C)C(S)C1. The molecule has 0 N–H and O–H groups in total. The van der Waals surface area contributed by atoms with E-state index < -0.39 is 5.97 Å². The van der Waals surface area contributed by atoms with E-state index in [1.54, 1.807) is 0 Å². The Hall–Kier alpha value is -0.180. The summed E-state index contributed by atoms with van der Waals surface area (Å²) in [4.78, 5) is 8.89. The Bertz CT molecular complexity index is 155. The van der Waals surface area contributed by atoms with E-state index in [4.69, 9.17) is 9.90 Å². The number of carbonyl (C=O) groups is 1. The van der Waals surface area contributed by atoms with Crippen molar-refractivity contribution in [2.45, 2.75) is 45.3 Å². The van der Waals surface area contributed by atoms with Gasteiger partial charge in [0.25, 0.3) is 0 Å². The van der Waals surface area contributed by atoms with Gasteiger partial charge in [-0.1, -0.05) is 20.3 Å². The van der Waals surface area contributed by atoms with Crippen LogP contribution in [0.25, 0.3) is 0 Å². The molecule has 1 aliphatic carbocycles. The number of thiol groups is 1. The predicted octanol–water partition coefficient (Wildman–Crippen LogP) is 1.50. The average Bonchev–Trinajstić information content (AvgIpc) is 1.96. The van der Waals surface area contributed by atoms with Crippen molar-refractivity contribution in [2.24, 2.45) is 11.8 Å². The Kier molecular flexibility index (Phi) is 6.21. The molecule has 3 unspecified atom stereocenters. The predicted molar refractivity (Wildman–Crippen MR) is 55.6 cm³/mol. The normalized spacial score (nSPS) is 33.1. The number of aliphatic carboxylic acids is 1. The van der Waals surface area contributed by atoms with Crippen LogP contribution in [0.1, 0.15) is 40.0 Å². The van der Waals surface area contributed by atoms with E-state index in [0.717, 1.165) is 18.8 Å². The first-order chi connectivity index (χ1) is 5.93. The molecular weight excluding hydrogens is 184 g/mol. The molecule has 1 rings (SSSR count). The fraction of sp³-hybridized carbons (Fsp3) is 0.900. The van der Waals surface area contributed by atoms with E-state index >= 15 is 0 Å². The highest BCUT2D eigenvalue weighted by Gasteiger charge is 2.21. The van der Waals surface area contributed by atoms with Crippen molar-refractivity contribution in [1.29, 1.82) is 0 Å². The van der Waals surface area contributed by atoms with Gasteiger partial charge in [-0.15, -0.1) is 0 Å². The molecule has 0 aromatic carbocycles. The van der Waals surface area contributed by atoms with Crippen LogP contribution in [0, 0.1) is 11.8 Å². The minimum Gasteiger partial charge on any atom is -0.550 e. The Morgan fingerprint density at radius 2 is 1.85 bits per heavy atom. The number of carboxylic acids is 1. The molecule has 0 bridgehead atoms. The molecule has 78 valence electrons. The summed E-state index contributed by atoms with van der Waals surface area (Å²) in [6.07, 6.45) is 4.12. The third-order valence-electron chi connectivity index (χ3n) is 2.42. The molecule has 0 aromatic heterocycles. The van der Waals surface area contributed by atoms with Crippen LogP contribution >= 0.6 is 12.6 Å². The van der Waals surface area contributed by atoms with E-state index in [0.29, 0.717) is 5.25 Å². The zero-order valence-corrected chi connectivity index (χ0v) is 9.51. The summed E-state index contributed by atoms with van der Waals surface area (Å²) in [5.41, 5.74) is 0. The van der Waals surface area contributed by atoms with Crippen molar-refractivity contribution in [3.05, 3.63) is 0 Å². The van der Waals surface area contributed by atoms with Gasteiger partial charge in [-0.3, -0.25) is 0 Å². The van der Waals surface area contributed by atoms with Gasteiger partial charge in [0.1, 0.15) is 0 Å². The van der Waals surface area contributed by atoms with Crippen LogP contribution in [0.5, 0.6) is 0 Å². The lowest BCUT2D eigenvalue weighted by molar-refractivity contribution is -0.302. The monoisotopic (exact) mass is 203 g/mol. The topological polar surface area (TPSA) is 40.1 Å². The molecule has 1 fully saturated rings. The molecular formula is C10H19O2S-. The summed E-state index contributed by atoms with van der Waals surface area (Å²) in [6.45, 7) is 5.61. The Morgan fingerprint density at radius 1 is 1.38 bits per heavy atom. The summed E-state index contributed by atoms with van der Waals surface area (Å²) >= 11 is 4.52. The second-order valence-corrected chi connectivity index (χ2v) is 4.62. The van der Waals surface area contributed by atoms with Gasteiger partial charge in [0.05, 0.1) is 0 Å². The Balaban J connectivity index is 0.000000310. The van der Waals surface area contributed by atoms with E-state index in [9.17, 15) is 0 Å². The Morgan fingerprint density at radius 3 is 2.15 bits per heavy atom. The summed E-state index contributed by atoms with van der Waals surface area (Å²) in [5.74, 6) is 0.688. The van der Waals surface area contributed by atoms with Crippen LogP contribution in [-0.4, -0.2) is 11.2 Å².